The van der Waals surface area contributed by atoms with Gasteiger partial charge in [-0.1, -0.05) is 6.08 Å². The van der Waals surface area contributed by atoms with Crippen molar-refractivity contribution < 1.29 is 9.47 Å². The zero-order valence-corrected chi connectivity index (χ0v) is 11.1. The molecular weight excluding hydrogens is 256 g/mol. The van der Waals surface area contributed by atoms with Gasteiger partial charge in [0, 0.05) is 6.07 Å². The molecule has 0 radical (unpaired) electrons. The van der Waals surface area contributed by atoms with E-state index < -0.39 is 0 Å². The first-order valence-corrected chi connectivity index (χ1v) is 6.99. The number of methoxy groups -OCH3 is 1. The quantitative estimate of drug-likeness (QED) is 0.798. The second-order valence-corrected chi connectivity index (χ2v) is 4.64. The highest BCUT2D eigenvalue weighted by atomic mass is 35.7. The van der Waals surface area contributed by atoms with Gasteiger partial charge < -0.3 is 9.47 Å². The van der Waals surface area contributed by atoms with Crippen LogP contribution in [0.25, 0.3) is 0 Å². The number of hydrogen-bond donors (Lipinski definition) is 0. The maximum Gasteiger partial charge on any atom is 0.137 e. The fourth-order valence-electron chi connectivity index (χ4n) is 1.58. The number of allylic oxidation sites excluding steroid dienone is 3. The Morgan fingerprint density at radius 3 is 2.82 bits per heavy atom. The Morgan fingerprint density at radius 1 is 1.29 bits per heavy atom. The fourth-order valence-corrected chi connectivity index (χ4v) is 2.30. The Bertz CT molecular complexity index is 455. The van der Waals surface area contributed by atoms with Crippen LogP contribution < -0.4 is 9.47 Å². The van der Waals surface area contributed by atoms with Crippen LogP contribution >= 0.6 is 21.7 Å². The Kier molecular flexibility index (Phi) is 4.40. The summed E-state index contributed by atoms with van der Waals surface area (Å²) in [5, 5.41) is 0. The molecule has 0 fully saturated rings. The maximum absolute atomic E-state index is 5.74. The van der Waals surface area contributed by atoms with Gasteiger partial charge in [-0.2, -0.15) is 0 Å². The summed E-state index contributed by atoms with van der Waals surface area (Å²) in [5.74, 6) is 2.36. The van der Waals surface area contributed by atoms with E-state index in [0.29, 0.717) is 0 Å². The van der Waals surface area contributed by atoms with Gasteiger partial charge in [-0.05, 0) is 58.8 Å². The number of rotatable bonds is 4. The smallest absolute Gasteiger partial charge is 0.137 e. The van der Waals surface area contributed by atoms with E-state index in [2.05, 4.69) is 12.2 Å². The van der Waals surface area contributed by atoms with Gasteiger partial charge in [-0.3, -0.25) is 0 Å². The Hall–Kier alpha value is -1.06. The second-order valence-electron chi connectivity index (χ2n) is 3.58. The molecule has 0 bridgehead atoms. The van der Waals surface area contributed by atoms with Crippen molar-refractivity contribution >= 4 is 21.7 Å². The van der Waals surface area contributed by atoms with Gasteiger partial charge in [0.2, 0.25) is 0 Å². The van der Waals surface area contributed by atoms with Crippen LogP contribution in [0.3, 0.4) is 0 Å². The van der Waals surface area contributed by atoms with Gasteiger partial charge in [0.05, 0.1) is 12.0 Å². The van der Waals surface area contributed by atoms with Crippen LogP contribution in [0.1, 0.15) is 12.8 Å². The van der Waals surface area contributed by atoms with Crippen molar-refractivity contribution in [1.82, 2.24) is 0 Å². The van der Waals surface area contributed by atoms with Crippen molar-refractivity contribution in [3.05, 3.63) is 42.2 Å². The molecule has 1 aliphatic carbocycles. The first kappa shape index (κ1) is 12.4. The summed E-state index contributed by atoms with van der Waals surface area (Å²) in [7, 11) is 8.49. The topological polar surface area (TPSA) is 18.5 Å². The molecule has 0 saturated carbocycles. The van der Waals surface area contributed by atoms with E-state index in [-0.39, 0.29) is 0 Å². The van der Waals surface area contributed by atoms with E-state index in [9.17, 15) is 0 Å². The van der Waals surface area contributed by atoms with E-state index in [1.54, 1.807) is 7.11 Å². The van der Waals surface area contributed by atoms with E-state index >= 15 is 0 Å². The average molecular weight is 269 g/mol. The minimum atomic E-state index is 0.725. The lowest BCUT2D eigenvalue weighted by Crippen LogP contribution is -1.96. The van der Waals surface area contributed by atoms with Crippen molar-refractivity contribution in [2.45, 2.75) is 17.7 Å². The third-order valence-electron chi connectivity index (χ3n) is 2.41. The molecule has 0 aliphatic heterocycles. The predicted molar refractivity (Wildman–Crippen MR) is 71.8 cm³/mol. The van der Waals surface area contributed by atoms with E-state index in [0.717, 1.165) is 46.0 Å². The van der Waals surface area contributed by atoms with Crippen LogP contribution in [0.4, 0.5) is 0 Å². The third kappa shape index (κ3) is 3.20. The molecule has 1 aromatic carbocycles. The predicted octanol–water partition coefficient (Wildman–Crippen LogP) is 4.55. The molecule has 4 heteroatoms. The number of hydrogen-bond acceptors (Lipinski definition) is 3. The van der Waals surface area contributed by atoms with Gasteiger partial charge in [0.25, 0.3) is 0 Å². The fraction of sp³-hybridized carbons (Fsp3) is 0.231. The molecule has 0 amide bonds. The molecule has 2 nitrogen and oxygen atoms in total. The van der Waals surface area contributed by atoms with Gasteiger partial charge in [0.15, 0.2) is 0 Å². The average Bonchev–Trinajstić information content (AvgIpc) is 2.40. The highest BCUT2D eigenvalue weighted by Crippen LogP contribution is 2.35. The zero-order chi connectivity index (χ0) is 12.1. The summed E-state index contributed by atoms with van der Waals surface area (Å²) in [6.07, 6.45) is 8.28. The summed E-state index contributed by atoms with van der Waals surface area (Å²) in [4.78, 5) is 0.884. The second kappa shape index (κ2) is 6.03. The van der Waals surface area contributed by atoms with Crippen LogP contribution in [-0.4, -0.2) is 7.11 Å². The molecule has 0 saturated heterocycles. The van der Waals surface area contributed by atoms with Gasteiger partial charge in [0.1, 0.15) is 17.3 Å². The van der Waals surface area contributed by atoms with E-state index in [1.807, 2.05) is 24.3 Å². The van der Waals surface area contributed by atoms with Gasteiger partial charge in [-0.25, -0.2) is 0 Å². The molecule has 0 heterocycles. The Balaban J connectivity index is 2.16. The highest BCUT2D eigenvalue weighted by molar-refractivity contribution is 8.21. The molecule has 1 aromatic rings. The standard InChI is InChI=1S/C13H13ClO2S/c1-15-12-9-11(7-8-13(12)17-14)16-10-5-3-2-4-6-10/h3,5-9H,2,4H2,1H3. The van der Waals surface area contributed by atoms with Crippen molar-refractivity contribution in [2.24, 2.45) is 0 Å². The van der Waals surface area contributed by atoms with E-state index in [1.165, 1.54) is 0 Å². The molecule has 0 atom stereocenters. The summed E-state index contributed by atoms with van der Waals surface area (Å²) >= 11 is 0. The molecule has 2 rings (SSSR count). The van der Waals surface area contributed by atoms with Crippen molar-refractivity contribution in [1.29, 1.82) is 0 Å². The molecule has 90 valence electrons. The molecule has 0 unspecified atom stereocenters. The lowest BCUT2D eigenvalue weighted by atomic mass is 10.2. The van der Waals surface area contributed by atoms with Crippen LogP contribution in [0.2, 0.25) is 0 Å². The molecule has 17 heavy (non-hydrogen) atoms. The van der Waals surface area contributed by atoms with Crippen LogP contribution in [0, 0.1) is 0 Å². The lowest BCUT2D eigenvalue weighted by molar-refractivity contribution is 0.394. The van der Waals surface area contributed by atoms with Crippen LogP contribution in [0.5, 0.6) is 11.5 Å². The summed E-state index contributed by atoms with van der Waals surface area (Å²) in [6.45, 7) is 0. The third-order valence-corrected chi connectivity index (χ3v) is 3.42. The SMILES string of the molecule is COc1cc(OC2=CCCC=C2)ccc1SCl. The lowest BCUT2D eigenvalue weighted by Gasteiger charge is -2.11. The monoisotopic (exact) mass is 268 g/mol. The van der Waals surface area contributed by atoms with Gasteiger partial charge in [-0.15, -0.1) is 0 Å². The number of halogens is 1. The number of ether oxygens (including phenoxy) is 2. The summed E-state index contributed by atoms with van der Waals surface area (Å²) in [5.41, 5.74) is 0. The Labute approximate surface area is 110 Å². The largest absolute Gasteiger partial charge is 0.495 e. The molecule has 0 aromatic heterocycles. The van der Waals surface area contributed by atoms with Crippen molar-refractivity contribution in [2.75, 3.05) is 7.11 Å². The molecule has 1 aliphatic rings. The Morgan fingerprint density at radius 2 is 2.18 bits per heavy atom. The molecule has 0 spiro atoms. The summed E-state index contributed by atoms with van der Waals surface area (Å²) < 4.78 is 11.0. The van der Waals surface area contributed by atoms with Crippen molar-refractivity contribution in [3.63, 3.8) is 0 Å². The summed E-state index contributed by atoms with van der Waals surface area (Å²) in [6, 6.07) is 5.61. The first-order valence-electron chi connectivity index (χ1n) is 5.34. The first-order chi connectivity index (χ1) is 8.33. The molecule has 0 N–H and O–H groups in total. The minimum absolute atomic E-state index is 0.725. The minimum Gasteiger partial charge on any atom is -0.495 e. The van der Waals surface area contributed by atoms with E-state index in [4.69, 9.17) is 20.2 Å². The van der Waals surface area contributed by atoms with Gasteiger partial charge >= 0.3 is 0 Å². The van der Waals surface area contributed by atoms with Crippen LogP contribution in [-0.2, 0) is 0 Å². The maximum atomic E-state index is 5.74. The van der Waals surface area contributed by atoms with Crippen molar-refractivity contribution in [3.8, 4) is 11.5 Å². The zero-order valence-electron chi connectivity index (χ0n) is 9.48. The number of benzene rings is 1. The highest BCUT2D eigenvalue weighted by Gasteiger charge is 2.06. The van der Waals surface area contributed by atoms with Crippen LogP contribution in [0.15, 0.2) is 47.1 Å². The molecular formula is C13H13ClO2S. The normalized spacial score (nSPS) is 14.4.